The van der Waals surface area contributed by atoms with E-state index < -0.39 is 0 Å². The zero-order chi connectivity index (χ0) is 15.5. The number of rotatable bonds is 3. The highest BCUT2D eigenvalue weighted by Crippen LogP contribution is 2.28. The number of carbonyl (C=O) groups is 1. The molecule has 0 spiro atoms. The fourth-order valence-electron chi connectivity index (χ4n) is 2.97. The van der Waals surface area contributed by atoms with Crippen molar-refractivity contribution < 1.29 is 4.79 Å². The predicted octanol–water partition coefficient (Wildman–Crippen LogP) is 2.64. The Kier molecular flexibility index (Phi) is 4.43. The Hall–Kier alpha value is -1.88. The molecule has 2 heterocycles. The van der Waals surface area contributed by atoms with Crippen LogP contribution >= 0.6 is 11.6 Å². The van der Waals surface area contributed by atoms with Gasteiger partial charge in [0.15, 0.2) is 0 Å². The van der Waals surface area contributed by atoms with Crippen LogP contribution in [-0.2, 0) is 4.79 Å². The van der Waals surface area contributed by atoms with Crippen LogP contribution in [0.4, 0.5) is 5.82 Å². The van der Waals surface area contributed by atoms with Gasteiger partial charge in [0.05, 0.1) is 11.4 Å². The first-order valence-electron chi connectivity index (χ1n) is 7.62. The number of benzene rings is 1. The van der Waals surface area contributed by atoms with Gasteiger partial charge in [0.25, 0.3) is 0 Å². The Morgan fingerprint density at radius 1 is 1.45 bits per heavy atom. The van der Waals surface area contributed by atoms with Crippen LogP contribution in [0.3, 0.4) is 0 Å². The lowest BCUT2D eigenvalue weighted by Gasteiger charge is -2.33. The molecule has 0 aliphatic carbocycles. The fraction of sp³-hybridized carbons (Fsp3) is 0.438. The second-order valence-corrected chi connectivity index (χ2v) is 5.97. The molecule has 22 heavy (non-hydrogen) atoms. The van der Waals surface area contributed by atoms with Crippen LogP contribution < -0.4 is 10.2 Å². The normalized spacial score (nSPS) is 18.5. The second kappa shape index (κ2) is 6.48. The number of anilines is 1. The summed E-state index contributed by atoms with van der Waals surface area (Å²) in [6.45, 7) is 4.22. The minimum atomic E-state index is 0.0195. The number of carbonyl (C=O) groups excluding carboxylic acids is 1. The van der Waals surface area contributed by atoms with Gasteiger partial charge in [0.1, 0.15) is 12.1 Å². The zero-order valence-corrected chi connectivity index (χ0v) is 13.3. The third kappa shape index (κ3) is 2.99. The average molecular weight is 319 g/mol. The van der Waals surface area contributed by atoms with Crippen LogP contribution in [0.1, 0.15) is 19.8 Å². The van der Waals surface area contributed by atoms with Crippen molar-refractivity contribution in [2.75, 3.05) is 24.5 Å². The van der Waals surface area contributed by atoms with Crippen molar-refractivity contribution in [3.63, 3.8) is 0 Å². The maximum atomic E-state index is 12.1. The Morgan fingerprint density at radius 2 is 2.32 bits per heavy atom. The topological polar surface area (TPSA) is 58.1 Å². The molecule has 1 amide bonds. The number of fused-ring (bicyclic) bond motifs is 1. The molecule has 1 aliphatic heterocycles. The average Bonchev–Trinajstić information content (AvgIpc) is 2.54. The van der Waals surface area contributed by atoms with Crippen molar-refractivity contribution in [1.82, 2.24) is 15.3 Å². The summed E-state index contributed by atoms with van der Waals surface area (Å²) in [6.07, 6.45) is 3.47. The minimum absolute atomic E-state index is 0.0195. The number of nitrogens with zero attached hydrogens (tertiary/aromatic N) is 3. The van der Waals surface area contributed by atoms with Crippen LogP contribution in [0.15, 0.2) is 24.5 Å². The van der Waals surface area contributed by atoms with E-state index in [0.717, 1.165) is 36.1 Å². The lowest BCUT2D eigenvalue weighted by atomic mass is 9.97. The van der Waals surface area contributed by atoms with Crippen molar-refractivity contribution >= 4 is 34.2 Å². The Labute approximate surface area is 134 Å². The van der Waals surface area contributed by atoms with E-state index in [4.69, 9.17) is 11.6 Å². The number of hydrogen-bond donors (Lipinski definition) is 1. The molecule has 6 heteroatoms. The summed E-state index contributed by atoms with van der Waals surface area (Å²) >= 11 is 6.03. The van der Waals surface area contributed by atoms with Gasteiger partial charge in [-0.1, -0.05) is 11.6 Å². The number of nitrogens with one attached hydrogen (secondary N) is 1. The van der Waals surface area contributed by atoms with Crippen molar-refractivity contribution in [2.24, 2.45) is 5.92 Å². The van der Waals surface area contributed by atoms with Crippen LogP contribution in [0.2, 0.25) is 5.02 Å². The first-order chi connectivity index (χ1) is 10.7. The van der Waals surface area contributed by atoms with Gasteiger partial charge in [-0.05, 0) is 38.0 Å². The van der Waals surface area contributed by atoms with E-state index in [0.29, 0.717) is 18.1 Å². The molecule has 3 rings (SSSR count). The van der Waals surface area contributed by atoms with E-state index in [2.05, 4.69) is 20.2 Å². The Balaban J connectivity index is 1.89. The lowest BCUT2D eigenvalue weighted by Crippen LogP contribution is -2.43. The van der Waals surface area contributed by atoms with Gasteiger partial charge < -0.3 is 10.2 Å². The van der Waals surface area contributed by atoms with Crippen molar-refractivity contribution in [3.05, 3.63) is 29.5 Å². The highest BCUT2D eigenvalue weighted by atomic mass is 35.5. The summed E-state index contributed by atoms with van der Waals surface area (Å²) in [4.78, 5) is 23.0. The Bertz CT molecular complexity index is 691. The molecule has 1 aromatic carbocycles. The molecule has 1 atom stereocenters. The summed E-state index contributed by atoms with van der Waals surface area (Å²) < 4.78 is 0. The van der Waals surface area contributed by atoms with Crippen molar-refractivity contribution in [3.8, 4) is 0 Å². The third-order valence-corrected chi connectivity index (χ3v) is 4.26. The lowest BCUT2D eigenvalue weighted by molar-refractivity contribution is -0.125. The molecule has 116 valence electrons. The van der Waals surface area contributed by atoms with Gasteiger partial charge in [-0.15, -0.1) is 0 Å². The number of piperidine rings is 1. The zero-order valence-electron chi connectivity index (χ0n) is 12.6. The van der Waals surface area contributed by atoms with E-state index >= 15 is 0 Å². The molecular weight excluding hydrogens is 300 g/mol. The van der Waals surface area contributed by atoms with Crippen LogP contribution in [0.5, 0.6) is 0 Å². The van der Waals surface area contributed by atoms with Crippen molar-refractivity contribution in [2.45, 2.75) is 19.8 Å². The van der Waals surface area contributed by atoms with Gasteiger partial charge in [-0.2, -0.15) is 0 Å². The van der Waals surface area contributed by atoms with E-state index in [9.17, 15) is 4.79 Å². The first-order valence-corrected chi connectivity index (χ1v) is 7.99. The Morgan fingerprint density at radius 3 is 3.14 bits per heavy atom. The van der Waals surface area contributed by atoms with E-state index in [1.54, 1.807) is 6.33 Å². The number of hydrogen-bond acceptors (Lipinski definition) is 4. The van der Waals surface area contributed by atoms with Gasteiger partial charge in [0, 0.05) is 30.0 Å². The van der Waals surface area contributed by atoms with Gasteiger partial charge >= 0.3 is 0 Å². The quantitative estimate of drug-likeness (QED) is 0.945. The maximum Gasteiger partial charge on any atom is 0.224 e. The molecule has 1 N–H and O–H groups in total. The van der Waals surface area contributed by atoms with Crippen LogP contribution in [0.25, 0.3) is 10.9 Å². The van der Waals surface area contributed by atoms with Crippen molar-refractivity contribution in [1.29, 1.82) is 0 Å². The van der Waals surface area contributed by atoms with Gasteiger partial charge in [-0.3, -0.25) is 4.79 Å². The largest absolute Gasteiger partial charge is 0.356 e. The van der Waals surface area contributed by atoms with Crippen LogP contribution in [-0.4, -0.2) is 35.5 Å². The molecule has 2 aromatic rings. The van der Waals surface area contributed by atoms with Crippen LogP contribution in [0, 0.1) is 5.92 Å². The monoisotopic (exact) mass is 318 g/mol. The van der Waals surface area contributed by atoms with Gasteiger partial charge in [0.2, 0.25) is 5.91 Å². The molecule has 0 bridgehead atoms. The van der Waals surface area contributed by atoms with E-state index in [-0.39, 0.29) is 11.8 Å². The molecule has 1 unspecified atom stereocenters. The summed E-state index contributed by atoms with van der Waals surface area (Å²) in [6, 6.07) is 5.64. The maximum absolute atomic E-state index is 12.1. The first kappa shape index (κ1) is 15.0. The number of aromatic nitrogens is 2. The highest BCUT2D eigenvalue weighted by molar-refractivity contribution is 6.31. The molecule has 1 aliphatic rings. The molecular formula is C16H19ClN4O. The minimum Gasteiger partial charge on any atom is -0.356 e. The van der Waals surface area contributed by atoms with E-state index in [1.807, 2.05) is 25.1 Å². The summed E-state index contributed by atoms with van der Waals surface area (Å²) in [5.74, 6) is 1.04. The molecule has 1 saturated heterocycles. The highest BCUT2D eigenvalue weighted by Gasteiger charge is 2.27. The number of halogens is 1. The van der Waals surface area contributed by atoms with Gasteiger partial charge in [-0.25, -0.2) is 9.97 Å². The smallest absolute Gasteiger partial charge is 0.224 e. The second-order valence-electron chi connectivity index (χ2n) is 5.54. The molecule has 0 radical (unpaired) electrons. The standard InChI is InChI=1S/C16H19ClN4O/c1-2-18-16(22)11-4-3-7-21(9-11)15-13-6-5-12(17)8-14(13)19-10-20-15/h5-6,8,10-11H,2-4,7,9H2,1H3,(H,18,22). The summed E-state index contributed by atoms with van der Waals surface area (Å²) in [7, 11) is 0. The fourth-order valence-corrected chi connectivity index (χ4v) is 3.14. The SMILES string of the molecule is CCNC(=O)C1CCCN(c2ncnc3cc(Cl)ccc23)C1. The molecule has 1 aromatic heterocycles. The summed E-state index contributed by atoms with van der Waals surface area (Å²) in [5.41, 5.74) is 0.831. The predicted molar refractivity (Wildman–Crippen MR) is 88.2 cm³/mol. The molecule has 0 saturated carbocycles. The van der Waals surface area contributed by atoms with E-state index in [1.165, 1.54) is 0 Å². The molecule has 1 fully saturated rings. The molecule has 5 nitrogen and oxygen atoms in total. The number of amides is 1. The third-order valence-electron chi connectivity index (χ3n) is 4.02. The summed E-state index contributed by atoms with van der Waals surface area (Å²) in [5, 5.41) is 4.55.